The molecule has 3 heteroatoms. The van der Waals surface area contributed by atoms with Crippen LogP contribution in [-0.2, 0) is 14.3 Å². The number of ether oxygens (including phenoxy) is 2. The van der Waals surface area contributed by atoms with Gasteiger partial charge in [0.25, 0.3) is 0 Å². The molecule has 1 atom stereocenters. The van der Waals surface area contributed by atoms with Crippen LogP contribution in [0, 0.1) is 5.41 Å². The molecular formula is C15H30O3. The van der Waals surface area contributed by atoms with Gasteiger partial charge in [0.2, 0.25) is 0 Å². The van der Waals surface area contributed by atoms with Crippen molar-refractivity contribution < 1.29 is 14.3 Å². The number of rotatable bonds is 9. The van der Waals surface area contributed by atoms with Crippen molar-refractivity contribution in [3.8, 4) is 0 Å². The van der Waals surface area contributed by atoms with Crippen LogP contribution >= 0.6 is 0 Å². The minimum absolute atomic E-state index is 0.114. The molecule has 0 bridgehead atoms. The lowest BCUT2D eigenvalue weighted by Crippen LogP contribution is -2.13. The summed E-state index contributed by atoms with van der Waals surface area (Å²) in [4.78, 5) is 11.0. The Bertz CT molecular complexity index is 218. The summed E-state index contributed by atoms with van der Waals surface area (Å²) < 4.78 is 10.1. The fourth-order valence-corrected chi connectivity index (χ4v) is 1.98. The first-order chi connectivity index (χ1) is 8.39. The molecule has 18 heavy (non-hydrogen) atoms. The number of esters is 1. The highest BCUT2D eigenvalue weighted by Gasteiger charge is 2.13. The van der Waals surface area contributed by atoms with Gasteiger partial charge in [-0.1, -0.05) is 33.6 Å². The molecular weight excluding hydrogens is 228 g/mol. The van der Waals surface area contributed by atoms with E-state index in [1.807, 2.05) is 0 Å². The van der Waals surface area contributed by atoms with E-state index in [9.17, 15) is 4.79 Å². The van der Waals surface area contributed by atoms with Gasteiger partial charge < -0.3 is 9.47 Å². The van der Waals surface area contributed by atoms with E-state index in [1.165, 1.54) is 20.0 Å². The quantitative estimate of drug-likeness (QED) is 0.464. The summed E-state index contributed by atoms with van der Waals surface area (Å²) in [7, 11) is 3.22. The van der Waals surface area contributed by atoms with E-state index in [-0.39, 0.29) is 5.97 Å². The van der Waals surface area contributed by atoms with Crippen molar-refractivity contribution in [2.24, 2.45) is 5.41 Å². The molecule has 0 N–H and O–H groups in total. The van der Waals surface area contributed by atoms with Crippen LogP contribution in [0.25, 0.3) is 0 Å². The Morgan fingerprint density at radius 3 is 2.17 bits per heavy atom. The normalized spacial score (nSPS) is 13.4. The summed E-state index contributed by atoms with van der Waals surface area (Å²) in [6, 6.07) is 0. The lowest BCUT2D eigenvalue weighted by Gasteiger charge is -2.20. The van der Waals surface area contributed by atoms with Crippen molar-refractivity contribution in [2.75, 3.05) is 14.2 Å². The van der Waals surface area contributed by atoms with E-state index in [1.54, 1.807) is 7.11 Å². The maximum Gasteiger partial charge on any atom is 0.305 e. The second kappa shape index (κ2) is 9.37. The van der Waals surface area contributed by atoms with E-state index in [2.05, 4.69) is 25.5 Å². The molecule has 0 rings (SSSR count). The minimum atomic E-state index is -0.114. The van der Waals surface area contributed by atoms with Crippen LogP contribution in [0.3, 0.4) is 0 Å². The highest BCUT2D eigenvalue weighted by Crippen LogP contribution is 2.23. The zero-order chi connectivity index (χ0) is 14.0. The summed E-state index contributed by atoms with van der Waals surface area (Å²) in [6.07, 6.45) is 7.38. The molecule has 0 aliphatic carbocycles. The number of methoxy groups -OCH3 is 2. The average Bonchev–Trinajstić information content (AvgIpc) is 2.30. The zero-order valence-corrected chi connectivity index (χ0v) is 12.8. The molecule has 108 valence electrons. The summed E-state index contributed by atoms with van der Waals surface area (Å²) in [5.41, 5.74) is 0.406. The standard InChI is InChI=1S/C15H30O3/c1-15(2,3)12-8-10-13(17-4)9-6-7-11-14(16)18-5/h13H,6-12H2,1-5H3/t13-/m1/s1. The number of hydrogen-bond acceptors (Lipinski definition) is 3. The smallest absolute Gasteiger partial charge is 0.305 e. The van der Waals surface area contributed by atoms with Crippen molar-refractivity contribution in [1.82, 2.24) is 0 Å². The Balaban J connectivity index is 3.61. The molecule has 0 aliphatic rings. The first-order valence-electron chi connectivity index (χ1n) is 6.98. The van der Waals surface area contributed by atoms with Gasteiger partial charge in [0.1, 0.15) is 0 Å². The van der Waals surface area contributed by atoms with Gasteiger partial charge in [0.05, 0.1) is 13.2 Å². The lowest BCUT2D eigenvalue weighted by molar-refractivity contribution is -0.140. The zero-order valence-electron chi connectivity index (χ0n) is 12.8. The number of carbonyl (C=O) groups is 1. The summed E-state index contributed by atoms with van der Waals surface area (Å²) >= 11 is 0. The Morgan fingerprint density at radius 1 is 1.06 bits per heavy atom. The van der Waals surface area contributed by atoms with Crippen LogP contribution in [-0.4, -0.2) is 26.3 Å². The Morgan fingerprint density at radius 2 is 1.67 bits per heavy atom. The maximum atomic E-state index is 11.0. The van der Waals surface area contributed by atoms with Gasteiger partial charge in [-0.25, -0.2) is 0 Å². The SMILES string of the molecule is COC(=O)CCCC[C@H](CCCC(C)(C)C)OC. The monoisotopic (exact) mass is 258 g/mol. The van der Waals surface area contributed by atoms with Crippen molar-refractivity contribution in [3.05, 3.63) is 0 Å². The van der Waals surface area contributed by atoms with E-state index in [0.717, 1.165) is 25.7 Å². The van der Waals surface area contributed by atoms with Gasteiger partial charge in [-0.2, -0.15) is 0 Å². The van der Waals surface area contributed by atoms with Crippen LogP contribution in [0.5, 0.6) is 0 Å². The summed E-state index contributed by atoms with van der Waals surface area (Å²) in [6.45, 7) is 6.81. The molecule has 0 unspecified atom stereocenters. The molecule has 0 aliphatic heterocycles. The lowest BCUT2D eigenvalue weighted by atomic mass is 9.89. The fourth-order valence-electron chi connectivity index (χ4n) is 1.98. The molecule has 0 amide bonds. The van der Waals surface area contributed by atoms with E-state index in [0.29, 0.717) is 17.9 Å². The Labute approximate surface area is 112 Å². The van der Waals surface area contributed by atoms with Crippen LogP contribution < -0.4 is 0 Å². The van der Waals surface area contributed by atoms with E-state index in [4.69, 9.17) is 4.74 Å². The predicted molar refractivity (Wildman–Crippen MR) is 74.6 cm³/mol. The third-order valence-corrected chi connectivity index (χ3v) is 3.17. The highest BCUT2D eigenvalue weighted by molar-refractivity contribution is 5.68. The average molecular weight is 258 g/mol. The van der Waals surface area contributed by atoms with Crippen LogP contribution in [0.15, 0.2) is 0 Å². The second-order valence-electron chi connectivity index (χ2n) is 6.13. The Hall–Kier alpha value is -0.570. The minimum Gasteiger partial charge on any atom is -0.469 e. The van der Waals surface area contributed by atoms with Crippen molar-refractivity contribution in [1.29, 1.82) is 0 Å². The molecule has 3 nitrogen and oxygen atoms in total. The fraction of sp³-hybridized carbons (Fsp3) is 0.933. The molecule has 0 radical (unpaired) electrons. The topological polar surface area (TPSA) is 35.5 Å². The number of unbranched alkanes of at least 4 members (excludes halogenated alkanes) is 1. The molecule has 0 fully saturated rings. The maximum absolute atomic E-state index is 11.0. The van der Waals surface area contributed by atoms with E-state index >= 15 is 0 Å². The summed E-state index contributed by atoms with van der Waals surface area (Å²) in [5.74, 6) is -0.114. The molecule has 0 heterocycles. The molecule has 0 aromatic carbocycles. The predicted octanol–water partition coefficient (Wildman–Crippen LogP) is 3.95. The first-order valence-corrected chi connectivity index (χ1v) is 6.98. The van der Waals surface area contributed by atoms with Gasteiger partial charge in [0, 0.05) is 13.5 Å². The van der Waals surface area contributed by atoms with Crippen LogP contribution in [0.4, 0.5) is 0 Å². The van der Waals surface area contributed by atoms with Crippen molar-refractivity contribution in [2.45, 2.75) is 71.8 Å². The Kier molecular flexibility index (Phi) is 9.08. The second-order valence-corrected chi connectivity index (χ2v) is 6.13. The van der Waals surface area contributed by atoms with Gasteiger partial charge in [-0.05, 0) is 31.1 Å². The number of hydrogen-bond donors (Lipinski definition) is 0. The van der Waals surface area contributed by atoms with Crippen LogP contribution in [0.2, 0.25) is 0 Å². The molecule has 0 spiro atoms. The highest BCUT2D eigenvalue weighted by atomic mass is 16.5. The van der Waals surface area contributed by atoms with E-state index < -0.39 is 0 Å². The van der Waals surface area contributed by atoms with Gasteiger partial charge in [-0.3, -0.25) is 4.79 Å². The molecule has 0 saturated carbocycles. The van der Waals surface area contributed by atoms with Crippen molar-refractivity contribution >= 4 is 5.97 Å². The first kappa shape index (κ1) is 17.4. The molecule has 0 aromatic heterocycles. The number of carbonyl (C=O) groups excluding carboxylic acids is 1. The third-order valence-electron chi connectivity index (χ3n) is 3.17. The summed E-state index contributed by atoms with van der Waals surface area (Å²) in [5, 5.41) is 0. The van der Waals surface area contributed by atoms with Gasteiger partial charge in [0.15, 0.2) is 0 Å². The molecule has 0 aromatic rings. The van der Waals surface area contributed by atoms with Crippen LogP contribution in [0.1, 0.15) is 65.7 Å². The van der Waals surface area contributed by atoms with Gasteiger partial charge in [-0.15, -0.1) is 0 Å². The van der Waals surface area contributed by atoms with Gasteiger partial charge >= 0.3 is 5.97 Å². The van der Waals surface area contributed by atoms with Crippen molar-refractivity contribution in [3.63, 3.8) is 0 Å². The molecule has 0 saturated heterocycles. The largest absolute Gasteiger partial charge is 0.469 e. The third kappa shape index (κ3) is 10.6.